The number of ether oxygens (including phenoxy) is 2. The number of carbonyl (C=O) groups excluding carboxylic acids is 1. The average Bonchev–Trinajstić information content (AvgIpc) is 2.63. The van der Waals surface area contributed by atoms with Crippen LogP contribution in [-0.2, 0) is 11.3 Å². The first-order valence-corrected chi connectivity index (χ1v) is 9.21. The van der Waals surface area contributed by atoms with Crippen LogP contribution in [0.3, 0.4) is 0 Å². The van der Waals surface area contributed by atoms with Gasteiger partial charge in [-0.25, -0.2) is 0 Å². The third-order valence-electron chi connectivity index (χ3n) is 3.48. The molecule has 1 aromatic carbocycles. The summed E-state index contributed by atoms with van der Waals surface area (Å²) >= 11 is 0. The van der Waals surface area contributed by atoms with Crippen molar-refractivity contribution in [2.24, 2.45) is 5.92 Å². The van der Waals surface area contributed by atoms with Crippen molar-refractivity contribution in [3.05, 3.63) is 35.9 Å². The standard InChI is InChI=1S/C19H29NO3.C2H6/c1-15(2)9-7-5-6-8-10-19(21)20-14-16-11-12-17(22-3)18(13-16)23-4;1-2/h7,9,11-13,15H,5-6,8,10,14H2,1-4H3,(H,20,21);1-2H3/b9-7+;. The first kappa shape index (κ1) is 23.0. The summed E-state index contributed by atoms with van der Waals surface area (Å²) in [5.74, 6) is 2.06. The van der Waals surface area contributed by atoms with Gasteiger partial charge in [0.25, 0.3) is 0 Å². The summed E-state index contributed by atoms with van der Waals surface area (Å²) in [5, 5.41) is 2.94. The molecule has 0 aliphatic carbocycles. The van der Waals surface area contributed by atoms with Gasteiger partial charge in [0.1, 0.15) is 0 Å². The molecule has 0 unspecified atom stereocenters. The molecule has 0 aliphatic rings. The lowest BCUT2D eigenvalue weighted by molar-refractivity contribution is -0.121. The smallest absolute Gasteiger partial charge is 0.220 e. The highest BCUT2D eigenvalue weighted by Crippen LogP contribution is 2.27. The van der Waals surface area contributed by atoms with Gasteiger partial charge < -0.3 is 14.8 Å². The SMILES string of the molecule is CC.COc1ccc(CNC(=O)CCCC/C=C/C(C)C)cc1OC. The maximum absolute atomic E-state index is 11.8. The molecule has 0 aromatic heterocycles. The van der Waals surface area contributed by atoms with E-state index in [2.05, 4.69) is 31.3 Å². The molecule has 0 fully saturated rings. The van der Waals surface area contributed by atoms with Crippen LogP contribution in [0, 0.1) is 5.92 Å². The summed E-state index contributed by atoms with van der Waals surface area (Å²) in [7, 11) is 3.21. The van der Waals surface area contributed by atoms with Gasteiger partial charge in [-0.15, -0.1) is 0 Å². The minimum absolute atomic E-state index is 0.0904. The van der Waals surface area contributed by atoms with Crippen LogP contribution in [0.4, 0.5) is 0 Å². The van der Waals surface area contributed by atoms with E-state index >= 15 is 0 Å². The van der Waals surface area contributed by atoms with E-state index in [1.54, 1.807) is 14.2 Å². The van der Waals surface area contributed by atoms with Crippen molar-refractivity contribution in [2.75, 3.05) is 14.2 Å². The zero-order valence-corrected chi connectivity index (χ0v) is 16.7. The van der Waals surface area contributed by atoms with Gasteiger partial charge in [-0.3, -0.25) is 4.79 Å². The van der Waals surface area contributed by atoms with Gasteiger partial charge in [-0.05, 0) is 42.9 Å². The van der Waals surface area contributed by atoms with Crippen molar-refractivity contribution < 1.29 is 14.3 Å². The highest BCUT2D eigenvalue weighted by atomic mass is 16.5. The van der Waals surface area contributed by atoms with E-state index in [4.69, 9.17) is 9.47 Å². The lowest BCUT2D eigenvalue weighted by atomic mass is 10.1. The second-order valence-corrected chi connectivity index (χ2v) is 5.88. The number of unbranched alkanes of at least 4 members (excludes halogenated alkanes) is 2. The van der Waals surface area contributed by atoms with Crippen molar-refractivity contribution in [2.45, 2.75) is 59.9 Å². The predicted molar refractivity (Wildman–Crippen MR) is 105 cm³/mol. The van der Waals surface area contributed by atoms with E-state index < -0.39 is 0 Å². The van der Waals surface area contributed by atoms with Crippen molar-refractivity contribution in [3.8, 4) is 11.5 Å². The molecule has 142 valence electrons. The van der Waals surface area contributed by atoms with E-state index in [0.717, 1.165) is 24.8 Å². The zero-order valence-electron chi connectivity index (χ0n) is 16.7. The summed E-state index contributed by atoms with van der Waals surface area (Å²) in [4.78, 5) is 11.8. The maximum atomic E-state index is 11.8. The highest BCUT2D eigenvalue weighted by molar-refractivity contribution is 5.75. The number of hydrogen-bond donors (Lipinski definition) is 1. The van der Waals surface area contributed by atoms with E-state index in [-0.39, 0.29) is 5.91 Å². The van der Waals surface area contributed by atoms with Gasteiger partial charge in [0, 0.05) is 13.0 Å². The van der Waals surface area contributed by atoms with Crippen molar-refractivity contribution >= 4 is 5.91 Å². The normalized spacial score (nSPS) is 10.4. The van der Waals surface area contributed by atoms with Crippen molar-refractivity contribution in [3.63, 3.8) is 0 Å². The van der Waals surface area contributed by atoms with Gasteiger partial charge in [0.2, 0.25) is 5.91 Å². The second-order valence-electron chi connectivity index (χ2n) is 5.88. The fourth-order valence-electron chi connectivity index (χ4n) is 2.20. The fraction of sp³-hybridized carbons (Fsp3) is 0.571. The van der Waals surface area contributed by atoms with Crippen LogP contribution in [-0.4, -0.2) is 20.1 Å². The van der Waals surface area contributed by atoms with Crippen LogP contribution < -0.4 is 14.8 Å². The Morgan fingerprint density at radius 1 is 1.12 bits per heavy atom. The second kappa shape index (κ2) is 14.4. The van der Waals surface area contributed by atoms with Crippen LogP contribution in [0.2, 0.25) is 0 Å². The molecule has 0 saturated carbocycles. The van der Waals surface area contributed by atoms with Crippen molar-refractivity contribution in [1.82, 2.24) is 5.32 Å². The zero-order chi connectivity index (χ0) is 19.1. The summed E-state index contributed by atoms with van der Waals surface area (Å²) in [6.45, 7) is 8.84. The largest absolute Gasteiger partial charge is 0.493 e. The van der Waals surface area contributed by atoms with Gasteiger partial charge in [-0.2, -0.15) is 0 Å². The molecule has 0 heterocycles. The molecule has 0 saturated heterocycles. The minimum Gasteiger partial charge on any atom is -0.493 e. The Hall–Kier alpha value is -1.97. The Kier molecular flexibility index (Phi) is 13.2. The molecule has 0 radical (unpaired) electrons. The molecule has 0 bridgehead atoms. The first-order valence-electron chi connectivity index (χ1n) is 9.21. The molecule has 1 N–H and O–H groups in total. The summed E-state index contributed by atoms with van der Waals surface area (Å²) in [6.07, 6.45) is 7.99. The molecule has 25 heavy (non-hydrogen) atoms. The average molecular weight is 350 g/mol. The lowest BCUT2D eigenvalue weighted by Gasteiger charge is -2.10. The van der Waals surface area contributed by atoms with Crippen LogP contribution >= 0.6 is 0 Å². The third-order valence-corrected chi connectivity index (χ3v) is 3.48. The first-order chi connectivity index (χ1) is 12.1. The molecule has 1 rings (SSSR count). The van der Waals surface area contributed by atoms with Gasteiger partial charge >= 0.3 is 0 Å². The lowest BCUT2D eigenvalue weighted by Crippen LogP contribution is -2.22. The topological polar surface area (TPSA) is 47.6 Å². The molecule has 0 atom stereocenters. The molecular weight excluding hydrogens is 314 g/mol. The molecule has 4 heteroatoms. The Labute approximate surface area is 153 Å². The van der Waals surface area contributed by atoms with Crippen LogP contribution in [0.15, 0.2) is 30.4 Å². The number of methoxy groups -OCH3 is 2. The number of nitrogens with one attached hydrogen (secondary N) is 1. The summed E-state index contributed by atoms with van der Waals surface area (Å²) in [5.41, 5.74) is 0.996. The number of amides is 1. The number of rotatable bonds is 10. The van der Waals surface area contributed by atoms with Gasteiger partial charge in [0.05, 0.1) is 14.2 Å². The third kappa shape index (κ3) is 10.5. The van der Waals surface area contributed by atoms with Gasteiger partial charge in [-0.1, -0.05) is 45.9 Å². The molecule has 0 spiro atoms. The van der Waals surface area contributed by atoms with Crippen LogP contribution in [0.5, 0.6) is 11.5 Å². The molecule has 1 amide bonds. The number of hydrogen-bond acceptors (Lipinski definition) is 3. The van der Waals surface area contributed by atoms with E-state index in [0.29, 0.717) is 30.4 Å². The molecule has 1 aromatic rings. The number of benzene rings is 1. The van der Waals surface area contributed by atoms with Gasteiger partial charge in [0.15, 0.2) is 11.5 Å². The van der Waals surface area contributed by atoms with Crippen molar-refractivity contribution in [1.29, 1.82) is 0 Å². The van der Waals surface area contributed by atoms with E-state index in [9.17, 15) is 4.79 Å². The van der Waals surface area contributed by atoms with Crippen LogP contribution in [0.25, 0.3) is 0 Å². The quantitative estimate of drug-likeness (QED) is 0.471. The molecular formula is C21H35NO3. The summed E-state index contributed by atoms with van der Waals surface area (Å²) < 4.78 is 10.5. The fourth-order valence-corrected chi connectivity index (χ4v) is 2.20. The minimum atomic E-state index is 0.0904. The summed E-state index contributed by atoms with van der Waals surface area (Å²) in [6, 6.07) is 5.66. The maximum Gasteiger partial charge on any atom is 0.220 e. The number of carbonyl (C=O) groups is 1. The predicted octanol–water partition coefficient (Wildman–Crippen LogP) is 5.12. The van der Waals surface area contributed by atoms with E-state index in [1.807, 2.05) is 32.0 Å². The monoisotopic (exact) mass is 349 g/mol. The Morgan fingerprint density at radius 2 is 1.80 bits per heavy atom. The highest BCUT2D eigenvalue weighted by Gasteiger charge is 2.06. The molecule has 4 nitrogen and oxygen atoms in total. The van der Waals surface area contributed by atoms with Crippen LogP contribution in [0.1, 0.15) is 58.9 Å². The molecule has 0 aliphatic heterocycles. The van der Waals surface area contributed by atoms with E-state index in [1.165, 1.54) is 0 Å². The Bertz CT molecular complexity index is 510. The number of allylic oxidation sites excluding steroid dienone is 2. The Balaban J connectivity index is 0.00000277. The Morgan fingerprint density at radius 3 is 2.40 bits per heavy atom.